The molecule has 0 aliphatic heterocycles. The maximum Gasteiger partial charge on any atom is 0.308 e. The standard InChI is InChI=1S/C20H21NO3S/c1-5-15-8-17(23-10-16-7-6-12(2)21-13(16)3)9-19-20(15)18(11-25-19)24-14(4)22/h6-9,11H,5,10H2,1-4H3. The quantitative estimate of drug-likeness (QED) is 0.606. The minimum atomic E-state index is -0.301. The van der Waals surface area contributed by atoms with Crippen molar-refractivity contribution in [1.29, 1.82) is 0 Å². The second kappa shape index (κ2) is 7.23. The highest BCUT2D eigenvalue weighted by Gasteiger charge is 2.13. The van der Waals surface area contributed by atoms with Gasteiger partial charge in [0.05, 0.1) is 0 Å². The number of carbonyl (C=O) groups is 1. The number of thiophene rings is 1. The van der Waals surface area contributed by atoms with Gasteiger partial charge in [0.1, 0.15) is 18.1 Å². The highest BCUT2D eigenvalue weighted by molar-refractivity contribution is 7.17. The van der Waals surface area contributed by atoms with Crippen LogP contribution < -0.4 is 9.47 Å². The minimum absolute atomic E-state index is 0.301. The molecule has 5 heteroatoms. The van der Waals surface area contributed by atoms with Crippen LogP contribution in [0.5, 0.6) is 11.5 Å². The number of ether oxygens (including phenoxy) is 2. The maximum absolute atomic E-state index is 11.3. The number of hydrogen-bond acceptors (Lipinski definition) is 5. The molecule has 0 fully saturated rings. The first-order valence-electron chi connectivity index (χ1n) is 8.26. The van der Waals surface area contributed by atoms with Crippen LogP contribution in [0.2, 0.25) is 0 Å². The minimum Gasteiger partial charge on any atom is -0.489 e. The number of rotatable bonds is 5. The zero-order chi connectivity index (χ0) is 18.0. The van der Waals surface area contributed by atoms with E-state index in [2.05, 4.69) is 18.0 Å². The lowest BCUT2D eigenvalue weighted by Gasteiger charge is -2.11. The molecule has 0 radical (unpaired) electrons. The summed E-state index contributed by atoms with van der Waals surface area (Å²) in [4.78, 5) is 15.8. The second-order valence-corrected chi connectivity index (χ2v) is 6.90. The third-order valence-corrected chi connectivity index (χ3v) is 4.97. The molecule has 0 aliphatic carbocycles. The number of esters is 1. The summed E-state index contributed by atoms with van der Waals surface area (Å²) in [5.74, 6) is 1.15. The Morgan fingerprint density at radius 1 is 1.20 bits per heavy atom. The van der Waals surface area contributed by atoms with E-state index < -0.39 is 0 Å². The molecule has 0 aliphatic rings. The van der Waals surface area contributed by atoms with Gasteiger partial charge in [0, 0.05) is 39.3 Å². The Hall–Kier alpha value is -2.40. The molecule has 0 saturated heterocycles. The van der Waals surface area contributed by atoms with Gasteiger partial charge in [-0.15, -0.1) is 11.3 Å². The highest BCUT2D eigenvalue weighted by Crippen LogP contribution is 2.38. The van der Waals surface area contributed by atoms with Crippen molar-refractivity contribution < 1.29 is 14.3 Å². The van der Waals surface area contributed by atoms with E-state index in [4.69, 9.17) is 9.47 Å². The molecule has 0 saturated carbocycles. The number of aromatic nitrogens is 1. The van der Waals surface area contributed by atoms with Gasteiger partial charge in [-0.3, -0.25) is 9.78 Å². The first kappa shape index (κ1) is 17.4. The van der Waals surface area contributed by atoms with E-state index in [-0.39, 0.29) is 5.97 Å². The van der Waals surface area contributed by atoms with Gasteiger partial charge in [-0.1, -0.05) is 13.0 Å². The Morgan fingerprint density at radius 2 is 2.00 bits per heavy atom. The largest absolute Gasteiger partial charge is 0.489 e. The van der Waals surface area contributed by atoms with Crippen LogP contribution in [-0.2, 0) is 17.8 Å². The molecule has 1 aromatic carbocycles. The van der Waals surface area contributed by atoms with Gasteiger partial charge < -0.3 is 9.47 Å². The van der Waals surface area contributed by atoms with Crippen LogP contribution in [0.15, 0.2) is 29.6 Å². The monoisotopic (exact) mass is 355 g/mol. The highest BCUT2D eigenvalue weighted by atomic mass is 32.1. The van der Waals surface area contributed by atoms with Crippen LogP contribution in [0.25, 0.3) is 10.1 Å². The predicted molar refractivity (Wildman–Crippen MR) is 101 cm³/mol. The molecule has 4 nitrogen and oxygen atoms in total. The molecular formula is C20H21NO3S. The van der Waals surface area contributed by atoms with E-state index in [0.29, 0.717) is 12.4 Å². The van der Waals surface area contributed by atoms with Crippen molar-refractivity contribution in [2.75, 3.05) is 0 Å². The smallest absolute Gasteiger partial charge is 0.308 e. The summed E-state index contributed by atoms with van der Waals surface area (Å²) in [5, 5.41) is 2.88. The van der Waals surface area contributed by atoms with Crippen molar-refractivity contribution in [1.82, 2.24) is 4.98 Å². The third kappa shape index (κ3) is 3.82. The van der Waals surface area contributed by atoms with Crippen LogP contribution in [0.1, 0.15) is 36.4 Å². The number of carbonyl (C=O) groups excluding carboxylic acids is 1. The molecule has 130 valence electrons. The van der Waals surface area contributed by atoms with E-state index in [0.717, 1.165) is 44.8 Å². The molecule has 25 heavy (non-hydrogen) atoms. The van der Waals surface area contributed by atoms with Crippen molar-refractivity contribution in [2.45, 2.75) is 40.7 Å². The van der Waals surface area contributed by atoms with Crippen molar-refractivity contribution in [3.05, 3.63) is 52.2 Å². The third-order valence-electron chi connectivity index (χ3n) is 4.06. The summed E-state index contributed by atoms with van der Waals surface area (Å²) in [6.45, 7) is 7.97. The van der Waals surface area contributed by atoms with E-state index >= 15 is 0 Å². The molecular weight excluding hydrogens is 334 g/mol. The summed E-state index contributed by atoms with van der Waals surface area (Å²) < 4.78 is 12.4. The Labute approximate surface area is 151 Å². The Morgan fingerprint density at radius 3 is 2.68 bits per heavy atom. The zero-order valence-corrected chi connectivity index (χ0v) is 15.7. The lowest BCUT2D eigenvalue weighted by Crippen LogP contribution is -2.02. The van der Waals surface area contributed by atoms with Gasteiger partial charge in [0.2, 0.25) is 0 Å². The second-order valence-electron chi connectivity index (χ2n) is 5.99. The van der Waals surface area contributed by atoms with Crippen LogP contribution in [-0.4, -0.2) is 11.0 Å². The van der Waals surface area contributed by atoms with Crippen LogP contribution in [0.4, 0.5) is 0 Å². The Bertz CT molecular complexity index is 930. The maximum atomic E-state index is 11.3. The van der Waals surface area contributed by atoms with E-state index in [1.54, 1.807) is 11.3 Å². The van der Waals surface area contributed by atoms with Crippen molar-refractivity contribution >= 4 is 27.4 Å². The van der Waals surface area contributed by atoms with Crippen LogP contribution >= 0.6 is 11.3 Å². The molecule has 0 N–H and O–H groups in total. The fraction of sp³-hybridized carbons (Fsp3) is 0.300. The number of aryl methyl sites for hydroxylation is 3. The fourth-order valence-corrected chi connectivity index (χ4v) is 3.75. The average molecular weight is 355 g/mol. The SMILES string of the molecule is CCc1cc(OCc2ccc(C)nc2C)cc2scc(OC(C)=O)c12. The van der Waals surface area contributed by atoms with Gasteiger partial charge in [0.15, 0.2) is 0 Å². The van der Waals surface area contributed by atoms with Crippen molar-refractivity contribution in [2.24, 2.45) is 0 Å². The summed E-state index contributed by atoms with van der Waals surface area (Å²) in [7, 11) is 0. The van der Waals surface area contributed by atoms with Gasteiger partial charge in [-0.25, -0.2) is 0 Å². The average Bonchev–Trinajstić information content (AvgIpc) is 2.95. The van der Waals surface area contributed by atoms with Crippen molar-refractivity contribution in [3.63, 3.8) is 0 Å². The van der Waals surface area contributed by atoms with Gasteiger partial charge in [-0.05, 0) is 44.0 Å². The van der Waals surface area contributed by atoms with Crippen LogP contribution in [0.3, 0.4) is 0 Å². The summed E-state index contributed by atoms with van der Waals surface area (Å²) in [6.07, 6.45) is 0.837. The number of benzene rings is 1. The summed E-state index contributed by atoms with van der Waals surface area (Å²) >= 11 is 1.56. The van der Waals surface area contributed by atoms with Crippen molar-refractivity contribution in [3.8, 4) is 11.5 Å². The number of hydrogen-bond donors (Lipinski definition) is 0. The summed E-state index contributed by atoms with van der Waals surface area (Å²) in [6, 6.07) is 8.08. The van der Waals surface area contributed by atoms with Crippen LogP contribution in [0, 0.1) is 13.8 Å². The molecule has 0 atom stereocenters. The van der Waals surface area contributed by atoms with E-state index in [1.807, 2.05) is 37.4 Å². The summed E-state index contributed by atoms with van der Waals surface area (Å²) in [5.41, 5.74) is 4.19. The topological polar surface area (TPSA) is 48.4 Å². The molecule has 0 bridgehead atoms. The molecule has 0 unspecified atom stereocenters. The number of fused-ring (bicyclic) bond motifs is 1. The van der Waals surface area contributed by atoms with E-state index in [1.165, 1.54) is 6.92 Å². The lowest BCUT2D eigenvalue weighted by molar-refractivity contribution is -0.131. The Balaban J connectivity index is 1.88. The van der Waals surface area contributed by atoms with Gasteiger partial charge in [0.25, 0.3) is 0 Å². The zero-order valence-electron chi connectivity index (χ0n) is 14.9. The first-order chi connectivity index (χ1) is 12.0. The van der Waals surface area contributed by atoms with E-state index in [9.17, 15) is 4.79 Å². The molecule has 3 aromatic rings. The molecule has 0 spiro atoms. The predicted octanol–water partition coefficient (Wildman–Crippen LogP) is 4.98. The first-order valence-corrected chi connectivity index (χ1v) is 9.14. The van der Waals surface area contributed by atoms with Gasteiger partial charge in [-0.2, -0.15) is 0 Å². The lowest BCUT2D eigenvalue weighted by atomic mass is 10.1. The molecule has 0 amide bonds. The molecule has 2 heterocycles. The van der Waals surface area contributed by atoms with Gasteiger partial charge >= 0.3 is 5.97 Å². The number of pyridine rings is 1. The normalized spacial score (nSPS) is 10.9. The Kier molecular flexibility index (Phi) is 5.04. The molecule has 3 rings (SSSR count). The number of nitrogens with zero attached hydrogens (tertiary/aromatic N) is 1. The fourth-order valence-electron chi connectivity index (χ4n) is 2.81. The molecule has 2 aromatic heterocycles.